The van der Waals surface area contributed by atoms with E-state index in [4.69, 9.17) is 4.42 Å². The second-order valence-corrected chi connectivity index (χ2v) is 12.5. The van der Waals surface area contributed by atoms with E-state index in [1.165, 1.54) is 32.8 Å². The minimum atomic E-state index is 0.871. The molecule has 0 fully saturated rings. The second-order valence-electron chi connectivity index (χ2n) is 12.5. The Bertz CT molecular complexity index is 2810. The molecule has 10 rings (SSSR count). The van der Waals surface area contributed by atoms with Gasteiger partial charge in [-0.15, -0.1) is 0 Å². The van der Waals surface area contributed by atoms with Gasteiger partial charge >= 0.3 is 0 Å². The summed E-state index contributed by atoms with van der Waals surface area (Å²) in [4.78, 5) is 2.42. The molecule has 0 atom stereocenters. The van der Waals surface area contributed by atoms with Crippen molar-refractivity contribution < 1.29 is 4.42 Å². The van der Waals surface area contributed by atoms with Gasteiger partial charge in [0.15, 0.2) is 5.58 Å². The lowest BCUT2D eigenvalue weighted by Crippen LogP contribution is -2.11. The largest absolute Gasteiger partial charge is 0.454 e. The molecule has 2 heterocycles. The van der Waals surface area contributed by atoms with E-state index in [0.29, 0.717) is 0 Å². The van der Waals surface area contributed by atoms with Crippen molar-refractivity contribution in [3.8, 4) is 16.8 Å². The van der Waals surface area contributed by atoms with Crippen LogP contribution >= 0.6 is 0 Å². The van der Waals surface area contributed by atoms with Gasteiger partial charge in [0, 0.05) is 38.3 Å². The van der Waals surface area contributed by atoms with Crippen molar-refractivity contribution in [2.24, 2.45) is 0 Å². The van der Waals surface area contributed by atoms with E-state index in [-0.39, 0.29) is 0 Å². The standard InChI is InChI=1S/C46H30N2O/c1-3-14-31(15-4-1)32-26-28-35(29-27-32)48(45-36-19-8-7-16-33(36)30-39-37-20-10-12-25-43(37)49-46(39)45)42-24-13-23-41-44(42)38-21-9-11-22-40(38)47(41)34-17-5-2-6-18-34/h1-30H. The summed E-state index contributed by atoms with van der Waals surface area (Å²) in [6, 6.07) is 64.9. The molecule has 0 amide bonds. The van der Waals surface area contributed by atoms with Gasteiger partial charge in [-0.25, -0.2) is 0 Å². The SMILES string of the molecule is c1ccc(-c2ccc(N(c3c4ccccc4cc4c3oc3ccccc34)c3cccc4c3c3ccccc3n4-c3ccccc3)cc2)cc1. The first-order chi connectivity index (χ1) is 24.3. The van der Waals surface area contributed by atoms with Crippen LogP contribution in [0.3, 0.4) is 0 Å². The van der Waals surface area contributed by atoms with Gasteiger partial charge in [-0.05, 0) is 71.1 Å². The highest BCUT2D eigenvalue weighted by molar-refractivity contribution is 6.22. The summed E-state index contributed by atoms with van der Waals surface area (Å²) in [5.74, 6) is 0. The van der Waals surface area contributed by atoms with Crippen molar-refractivity contribution >= 4 is 71.6 Å². The molecule has 0 spiro atoms. The molecule has 3 nitrogen and oxygen atoms in total. The van der Waals surface area contributed by atoms with E-state index < -0.39 is 0 Å². The van der Waals surface area contributed by atoms with Gasteiger partial charge in [0.05, 0.1) is 22.4 Å². The van der Waals surface area contributed by atoms with Crippen LogP contribution in [0.4, 0.5) is 17.1 Å². The van der Waals surface area contributed by atoms with E-state index in [1.54, 1.807) is 0 Å². The van der Waals surface area contributed by atoms with Crippen LogP contribution in [0.1, 0.15) is 0 Å². The number of benzene rings is 8. The lowest BCUT2D eigenvalue weighted by Gasteiger charge is -2.28. The van der Waals surface area contributed by atoms with Gasteiger partial charge in [0.25, 0.3) is 0 Å². The number of anilines is 3. The van der Waals surface area contributed by atoms with Gasteiger partial charge < -0.3 is 13.9 Å². The van der Waals surface area contributed by atoms with Gasteiger partial charge in [-0.1, -0.05) is 127 Å². The van der Waals surface area contributed by atoms with E-state index >= 15 is 0 Å². The Kier molecular flexibility index (Phi) is 6.18. The summed E-state index contributed by atoms with van der Waals surface area (Å²) in [6.07, 6.45) is 0. The molecule has 0 bridgehead atoms. The molecule has 2 aromatic heterocycles. The van der Waals surface area contributed by atoms with Crippen LogP contribution in [0.25, 0.3) is 71.3 Å². The fourth-order valence-electron chi connectivity index (χ4n) is 7.59. The normalized spacial score (nSPS) is 11.7. The van der Waals surface area contributed by atoms with Crippen LogP contribution < -0.4 is 4.90 Å². The summed E-state index contributed by atoms with van der Waals surface area (Å²) >= 11 is 0. The van der Waals surface area contributed by atoms with Crippen LogP contribution in [-0.4, -0.2) is 4.57 Å². The first kappa shape index (κ1) is 27.5. The van der Waals surface area contributed by atoms with Gasteiger partial charge in [0.2, 0.25) is 0 Å². The van der Waals surface area contributed by atoms with Crippen molar-refractivity contribution in [2.75, 3.05) is 4.90 Å². The number of hydrogen-bond acceptors (Lipinski definition) is 2. The molecule has 0 aliphatic heterocycles. The number of hydrogen-bond donors (Lipinski definition) is 0. The topological polar surface area (TPSA) is 21.3 Å². The molecule has 0 saturated carbocycles. The molecule has 10 aromatic rings. The fraction of sp³-hybridized carbons (Fsp3) is 0. The zero-order valence-corrected chi connectivity index (χ0v) is 26.6. The molecule has 230 valence electrons. The zero-order chi connectivity index (χ0) is 32.3. The lowest BCUT2D eigenvalue weighted by atomic mass is 10.0. The molecule has 0 aliphatic rings. The summed E-state index contributed by atoms with van der Waals surface area (Å²) in [6.45, 7) is 0. The van der Waals surface area contributed by atoms with Crippen LogP contribution in [0, 0.1) is 0 Å². The maximum atomic E-state index is 6.84. The lowest BCUT2D eigenvalue weighted by molar-refractivity contribution is 0.669. The highest BCUT2D eigenvalue weighted by Gasteiger charge is 2.26. The van der Waals surface area contributed by atoms with Crippen LogP contribution in [0.15, 0.2) is 186 Å². The van der Waals surface area contributed by atoms with E-state index in [0.717, 1.165) is 55.6 Å². The Morgan fingerprint density at radius 1 is 0.449 bits per heavy atom. The van der Waals surface area contributed by atoms with Gasteiger partial charge in [-0.3, -0.25) is 0 Å². The quantitative estimate of drug-likeness (QED) is 0.190. The maximum Gasteiger partial charge on any atom is 0.160 e. The van der Waals surface area contributed by atoms with E-state index in [1.807, 2.05) is 6.07 Å². The summed E-state index contributed by atoms with van der Waals surface area (Å²) in [7, 11) is 0. The molecule has 0 saturated heterocycles. The molecule has 0 unspecified atom stereocenters. The van der Waals surface area contributed by atoms with Crippen LogP contribution in [0.2, 0.25) is 0 Å². The molecule has 8 aromatic carbocycles. The first-order valence-electron chi connectivity index (χ1n) is 16.7. The van der Waals surface area contributed by atoms with E-state index in [9.17, 15) is 0 Å². The molecule has 0 N–H and O–H groups in total. The number of rotatable bonds is 5. The number of nitrogens with zero attached hydrogens (tertiary/aromatic N) is 2. The van der Waals surface area contributed by atoms with Crippen molar-refractivity contribution in [1.29, 1.82) is 0 Å². The molecule has 3 heteroatoms. The minimum absolute atomic E-state index is 0.871. The van der Waals surface area contributed by atoms with Crippen molar-refractivity contribution in [2.45, 2.75) is 0 Å². The third kappa shape index (κ3) is 4.29. The minimum Gasteiger partial charge on any atom is -0.454 e. The van der Waals surface area contributed by atoms with Crippen molar-refractivity contribution in [3.05, 3.63) is 182 Å². The van der Waals surface area contributed by atoms with Crippen molar-refractivity contribution in [3.63, 3.8) is 0 Å². The molecular weight excluding hydrogens is 597 g/mol. The highest BCUT2D eigenvalue weighted by atomic mass is 16.3. The number of para-hydroxylation sites is 3. The highest BCUT2D eigenvalue weighted by Crippen LogP contribution is 2.49. The van der Waals surface area contributed by atoms with E-state index in [2.05, 4.69) is 185 Å². The molecule has 0 radical (unpaired) electrons. The average molecular weight is 627 g/mol. The van der Waals surface area contributed by atoms with Crippen molar-refractivity contribution in [1.82, 2.24) is 4.57 Å². The fourth-order valence-corrected chi connectivity index (χ4v) is 7.59. The Labute approximate surface area is 283 Å². The Hall–Kier alpha value is -6.58. The van der Waals surface area contributed by atoms with Crippen LogP contribution in [0.5, 0.6) is 0 Å². The molecule has 49 heavy (non-hydrogen) atoms. The first-order valence-corrected chi connectivity index (χ1v) is 16.7. The number of fused-ring (bicyclic) bond motifs is 7. The monoisotopic (exact) mass is 626 g/mol. The Morgan fingerprint density at radius 3 is 1.90 bits per heavy atom. The maximum absolute atomic E-state index is 6.84. The number of aromatic nitrogens is 1. The predicted molar refractivity (Wildman–Crippen MR) is 206 cm³/mol. The molecular formula is C46H30N2O. The Balaban J connectivity index is 1.34. The van der Waals surface area contributed by atoms with Gasteiger partial charge in [-0.2, -0.15) is 0 Å². The summed E-state index contributed by atoms with van der Waals surface area (Å²) in [5, 5.41) is 6.90. The molecule has 0 aliphatic carbocycles. The zero-order valence-electron chi connectivity index (χ0n) is 26.6. The average Bonchev–Trinajstić information content (AvgIpc) is 3.72. The third-order valence-electron chi connectivity index (χ3n) is 9.75. The predicted octanol–water partition coefficient (Wildman–Crippen LogP) is 13.0. The second kappa shape index (κ2) is 11.0. The third-order valence-corrected chi connectivity index (χ3v) is 9.75. The van der Waals surface area contributed by atoms with Gasteiger partial charge in [0.1, 0.15) is 5.58 Å². The summed E-state index contributed by atoms with van der Waals surface area (Å²) < 4.78 is 9.22. The summed E-state index contributed by atoms with van der Waals surface area (Å²) in [5.41, 5.74) is 10.8. The smallest absolute Gasteiger partial charge is 0.160 e. The van der Waals surface area contributed by atoms with Crippen LogP contribution in [-0.2, 0) is 0 Å². The number of furan rings is 1. The Morgan fingerprint density at radius 2 is 1.08 bits per heavy atom.